The van der Waals surface area contributed by atoms with Gasteiger partial charge >= 0.3 is 0 Å². The first-order valence-electron chi connectivity index (χ1n) is 9.09. The molecule has 3 rings (SSSR count). The van der Waals surface area contributed by atoms with Crippen molar-refractivity contribution in [1.29, 1.82) is 0 Å². The highest BCUT2D eigenvalue weighted by atomic mass is 32.1. The summed E-state index contributed by atoms with van der Waals surface area (Å²) in [7, 11) is 0. The zero-order chi connectivity index (χ0) is 16.2. The van der Waals surface area contributed by atoms with Crippen LogP contribution in [-0.2, 0) is 4.79 Å². The molecule has 2 heterocycles. The van der Waals surface area contributed by atoms with Crippen LogP contribution in [0.1, 0.15) is 68.6 Å². The molecule has 1 amide bonds. The van der Waals surface area contributed by atoms with Gasteiger partial charge in [-0.25, -0.2) is 4.98 Å². The van der Waals surface area contributed by atoms with Gasteiger partial charge in [0.05, 0.1) is 6.04 Å². The molecule has 0 aromatic carbocycles. The van der Waals surface area contributed by atoms with Gasteiger partial charge in [-0.05, 0) is 45.4 Å². The average Bonchev–Trinajstić information content (AvgIpc) is 3.31. The van der Waals surface area contributed by atoms with Crippen molar-refractivity contribution in [3.05, 3.63) is 16.1 Å². The van der Waals surface area contributed by atoms with Gasteiger partial charge in [0.25, 0.3) is 0 Å². The van der Waals surface area contributed by atoms with E-state index in [2.05, 4.69) is 34.4 Å². The predicted octanol–water partition coefficient (Wildman–Crippen LogP) is 3.67. The molecule has 23 heavy (non-hydrogen) atoms. The van der Waals surface area contributed by atoms with Crippen molar-refractivity contribution < 1.29 is 4.79 Å². The lowest BCUT2D eigenvalue weighted by atomic mass is 10.1. The van der Waals surface area contributed by atoms with Crippen molar-refractivity contribution in [3.8, 4) is 0 Å². The molecule has 128 valence electrons. The van der Waals surface area contributed by atoms with E-state index in [1.165, 1.54) is 30.7 Å². The topological polar surface area (TPSA) is 45.2 Å². The van der Waals surface area contributed by atoms with Gasteiger partial charge in [0.1, 0.15) is 5.01 Å². The first-order valence-corrected chi connectivity index (χ1v) is 9.97. The van der Waals surface area contributed by atoms with E-state index in [9.17, 15) is 4.79 Å². The summed E-state index contributed by atoms with van der Waals surface area (Å²) in [6.07, 6.45) is 8.03. The second-order valence-corrected chi connectivity index (χ2v) is 8.10. The average molecular weight is 336 g/mol. The first-order chi connectivity index (χ1) is 11.1. The van der Waals surface area contributed by atoms with Crippen LogP contribution in [-0.4, -0.2) is 34.9 Å². The summed E-state index contributed by atoms with van der Waals surface area (Å²) < 4.78 is 0. The minimum Gasteiger partial charge on any atom is -0.343 e. The standard InChI is InChI=1S/C18H29N3OS/c1-13(11-16(22)21-9-5-3-4-6-10-21)19-17(15-7-8-15)18-20-14(2)12-23-18/h12-13,15,17,19H,3-11H2,1-2H3/t13-,17+/m1/s1. The first kappa shape index (κ1) is 16.9. The van der Waals surface area contributed by atoms with Crippen LogP contribution < -0.4 is 5.32 Å². The highest BCUT2D eigenvalue weighted by Crippen LogP contribution is 2.42. The summed E-state index contributed by atoms with van der Waals surface area (Å²) in [6.45, 7) is 6.09. The van der Waals surface area contributed by atoms with Gasteiger partial charge in [0.15, 0.2) is 0 Å². The molecular weight excluding hydrogens is 306 g/mol. The molecule has 0 bridgehead atoms. The van der Waals surface area contributed by atoms with E-state index in [-0.39, 0.29) is 6.04 Å². The van der Waals surface area contributed by atoms with Crippen LogP contribution in [0.15, 0.2) is 5.38 Å². The largest absolute Gasteiger partial charge is 0.343 e. The van der Waals surface area contributed by atoms with Gasteiger partial charge in [-0.3, -0.25) is 4.79 Å². The van der Waals surface area contributed by atoms with Crippen molar-refractivity contribution in [3.63, 3.8) is 0 Å². The molecule has 1 saturated heterocycles. The second-order valence-electron chi connectivity index (χ2n) is 7.21. The Balaban J connectivity index is 1.54. The fraction of sp³-hybridized carbons (Fsp3) is 0.778. The molecule has 2 aliphatic rings. The third kappa shape index (κ3) is 4.77. The Morgan fingerprint density at radius 1 is 1.35 bits per heavy atom. The summed E-state index contributed by atoms with van der Waals surface area (Å²) >= 11 is 1.75. The van der Waals surface area contributed by atoms with E-state index in [4.69, 9.17) is 0 Å². The maximum atomic E-state index is 12.5. The number of nitrogens with one attached hydrogen (secondary N) is 1. The van der Waals surface area contributed by atoms with Crippen molar-refractivity contribution >= 4 is 17.2 Å². The fourth-order valence-corrected chi connectivity index (χ4v) is 4.38. The number of hydrogen-bond donors (Lipinski definition) is 1. The van der Waals surface area contributed by atoms with Crippen LogP contribution in [0.5, 0.6) is 0 Å². The molecule has 2 fully saturated rings. The minimum atomic E-state index is 0.209. The van der Waals surface area contributed by atoms with Gasteiger partial charge in [-0.2, -0.15) is 0 Å². The lowest BCUT2D eigenvalue weighted by Crippen LogP contribution is -2.39. The molecule has 1 aromatic heterocycles. The van der Waals surface area contributed by atoms with E-state index >= 15 is 0 Å². The third-order valence-corrected chi connectivity index (χ3v) is 5.95. The molecule has 5 heteroatoms. The third-order valence-electron chi connectivity index (χ3n) is 4.90. The van der Waals surface area contributed by atoms with Crippen molar-refractivity contribution in [2.75, 3.05) is 13.1 Å². The molecular formula is C18H29N3OS. The Kier molecular flexibility index (Phi) is 5.70. The highest BCUT2D eigenvalue weighted by Gasteiger charge is 2.35. The highest BCUT2D eigenvalue weighted by molar-refractivity contribution is 7.09. The van der Waals surface area contributed by atoms with Crippen molar-refractivity contribution in [1.82, 2.24) is 15.2 Å². The Morgan fingerprint density at radius 3 is 2.61 bits per heavy atom. The number of hydrogen-bond acceptors (Lipinski definition) is 4. The van der Waals surface area contributed by atoms with E-state index in [0.717, 1.165) is 31.6 Å². The summed E-state index contributed by atoms with van der Waals surface area (Å²) in [6, 6.07) is 0.543. The number of aromatic nitrogens is 1. The Bertz CT molecular complexity index is 518. The van der Waals surface area contributed by atoms with Crippen LogP contribution in [0, 0.1) is 12.8 Å². The molecule has 0 radical (unpaired) electrons. The summed E-state index contributed by atoms with van der Waals surface area (Å²) in [5, 5.41) is 7.01. The second kappa shape index (κ2) is 7.75. The van der Waals surface area contributed by atoms with E-state index in [1.807, 2.05) is 0 Å². The number of amides is 1. The van der Waals surface area contributed by atoms with Gasteiger partial charge in [-0.1, -0.05) is 12.8 Å². The Hall–Kier alpha value is -0.940. The molecule has 4 nitrogen and oxygen atoms in total. The van der Waals surface area contributed by atoms with Gasteiger partial charge in [0.2, 0.25) is 5.91 Å². The normalized spacial score (nSPS) is 21.7. The molecule has 1 N–H and O–H groups in total. The zero-order valence-electron chi connectivity index (χ0n) is 14.4. The maximum Gasteiger partial charge on any atom is 0.224 e. The van der Waals surface area contributed by atoms with Crippen LogP contribution >= 0.6 is 11.3 Å². The molecule has 1 aromatic rings. The number of carbonyl (C=O) groups is 1. The molecule has 0 unspecified atom stereocenters. The monoisotopic (exact) mass is 335 g/mol. The SMILES string of the molecule is Cc1csc([C@@H](N[C@H](C)CC(=O)N2CCCCCC2)C2CC2)n1. The maximum absolute atomic E-state index is 12.5. The molecule has 2 atom stereocenters. The van der Waals surface area contributed by atoms with Gasteiger partial charge in [0, 0.05) is 36.6 Å². The number of thiazole rings is 1. The fourth-order valence-electron chi connectivity index (χ4n) is 3.43. The number of nitrogens with zero attached hydrogens (tertiary/aromatic N) is 2. The van der Waals surface area contributed by atoms with Crippen LogP contribution in [0.3, 0.4) is 0 Å². The van der Waals surface area contributed by atoms with Gasteiger partial charge in [-0.15, -0.1) is 11.3 Å². The quantitative estimate of drug-likeness (QED) is 0.862. The van der Waals surface area contributed by atoms with Crippen molar-refractivity contribution in [2.45, 2.75) is 70.9 Å². The molecule has 1 aliphatic carbocycles. The Labute approximate surface area is 143 Å². The number of rotatable bonds is 6. The lowest BCUT2D eigenvalue weighted by molar-refractivity contribution is -0.131. The van der Waals surface area contributed by atoms with E-state index in [1.54, 1.807) is 11.3 Å². The van der Waals surface area contributed by atoms with Crippen molar-refractivity contribution in [2.24, 2.45) is 5.92 Å². The molecule has 0 spiro atoms. The molecule has 1 aliphatic heterocycles. The number of carbonyl (C=O) groups excluding carboxylic acids is 1. The van der Waals surface area contributed by atoms with E-state index in [0.29, 0.717) is 24.3 Å². The van der Waals surface area contributed by atoms with Gasteiger partial charge < -0.3 is 10.2 Å². The number of likely N-dealkylation sites (tertiary alicyclic amines) is 1. The smallest absolute Gasteiger partial charge is 0.224 e. The summed E-state index contributed by atoms with van der Waals surface area (Å²) in [5.41, 5.74) is 1.10. The van der Waals surface area contributed by atoms with Crippen LogP contribution in [0.2, 0.25) is 0 Å². The predicted molar refractivity (Wildman–Crippen MR) is 94.6 cm³/mol. The minimum absolute atomic E-state index is 0.209. The van der Waals surface area contributed by atoms with Crippen LogP contribution in [0.4, 0.5) is 0 Å². The molecule has 1 saturated carbocycles. The van der Waals surface area contributed by atoms with Crippen LogP contribution in [0.25, 0.3) is 0 Å². The van der Waals surface area contributed by atoms with E-state index < -0.39 is 0 Å². The Morgan fingerprint density at radius 2 is 2.04 bits per heavy atom. The summed E-state index contributed by atoms with van der Waals surface area (Å²) in [5.74, 6) is 1.02. The lowest BCUT2D eigenvalue weighted by Gasteiger charge is -2.25. The summed E-state index contributed by atoms with van der Waals surface area (Å²) in [4.78, 5) is 19.3. The number of aryl methyl sites for hydroxylation is 1. The zero-order valence-corrected chi connectivity index (χ0v) is 15.2.